The van der Waals surface area contributed by atoms with Crippen LogP contribution in [0.4, 0.5) is 18.9 Å². The van der Waals surface area contributed by atoms with Crippen LogP contribution in [0, 0.1) is 0 Å². The van der Waals surface area contributed by atoms with Gasteiger partial charge in [0, 0.05) is 16.4 Å². The van der Waals surface area contributed by atoms with Crippen molar-refractivity contribution in [1.82, 2.24) is 10.3 Å². The second-order valence-corrected chi connectivity index (χ2v) is 7.50. The van der Waals surface area contributed by atoms with E-state index in [9.17, 15) is 18.0 Å². The third-order valence-corrected chi connectivity index (χ3v) is 5.63. The van der Waals surface area contributed by atoms with Crippen LogP contribution in [-0.2, 0) is 6.18 Å². The third kappa shape index (κ3) is 3.35. The molecule has 2 aromatic heterocycles. The molecule has 2 N–H and O–H groups in total. The number of aromatic nitrogens is 1. The summed E-state index contributed by atoms with van der Waals surface area (Å²) in [4.78, 5) is 16.9. The lowest BCUT2D eigenvalue weighted by Crippen LogP contribution is -2.48. The quantitative estimate of drug-likeness (QED) is 0.639. The minimum atomic E-state index is -4.64. The second-order valence-electron chi connectivity index (χ2n) is 6.55. The van der Waals surface area contributed by atoms with Crippen molar-refractivity contribution in [2.45, 2.75) is 25.2 Å². The van der Waals surface area contributed by atoms with Crippen molar-refractivity contribution in [2.75, 3.05) is 5.32 Å². The Hall–Kier alpha value is -2.87. The molecule has 1 aliphatic heterocycles. The predicted molar refractivity (Wildman–Crippen MR) is 102 cm³/mol. The molecule has 3 heterocycles. The molecule has 0 fully saturated rings. The molecular weight excluding hydrogens is 387 g/mol. The molecule has 0 unspecified atom stereocenters. The number of thiophene rings is 1. The number of alkyl halides is 3. The average Bonchev–Trinajstić information content (AvgIpc) is 3.21. The van der Waals surface area contributed by atoms with E-state index in [0.717, 1.165) is 11.6 Å². The Morgan fingerprint density at radius 2 is 1.86 bits per heavy atom. The maximum atomic E-state index is 13.3. The van der Waals surface area contributed by atoms with Gasteiger partial charge < -0.3 is 10.6 Å². The standard InChI is InChI=1S/C20H16F3N3OS/c1-11(12-6-3-2-4-7-12)18-25-16-13(14-8-5-9-28-14)10-15(20(21,22)23)24-17(16)19(27)26-18/h2-11,18,25H,1H3,(H,26,27)/t11-,18+/m1/s1. The number of halogens is 3. The van der Waals surface area contributed by atoms with Gasteiger partial charge in [0.15, 0.2) is 5.69 Å². The number of fused-ring (bicyclic) bond motifs is 1. The number of benzene rings is 1. The number of carbonyl (C=O) groups is 1. The summed E-state index contributed by atoms with van der Waals surface area (Å²) in [6.07, 6.45) is -5.12. The van der Waals surface area contributed by atoms with Crippen LogP contribution in [0.5, 0.6) is 0 Å². The molecule has 0 spiro atoms. The molecule has 144 valence electrons. The molecule has 1 amide bonds. The van der Waals surface area contributed by atoms with Crippen molar-refractivity contribution < 1.29 is 18.0 Å². The molecule has 1 aliphatic rings. The fourth-order valence-electron chi connectivity index (χ4n) is 3.23. The minimum absolute atomic E-state index is 0.100. The number of carbonyl (C=O) groups excluding carboxylic acids is 1. The minimum Gasteiger partial charge on any atom is -0.362 e. The summed E-state index contributed by atoms with van der Waals surface area (Å²) in [5.41, 5.74) is 0.330. The van der Waals surface area contributed by atoms with Crippen LogP contribution in [0.2, 0.25) is 0 Å². The van der Waals surface area contributed by atoms with Gasteiger partial charge >= 0.3 is 6.18 Å². The first-order chi connectivity index (χ1) is 13.3. The molecule has 4 rings (SSSR count). The van der Waals surface area contributed by atoms with Gasteiger partial charge in [-0.05, 0) is 23.1 Å². The van der Waals surface area contributed by atoms with E-state index in [1.807, 2.05) is 37.3 Å². The van der Waals surface area contributed by atoms with Crippen molar-refractivity contribution in [3.05, 3.63) is 70.9 Å². The Morgan fingerprint density at radius 3 is 2.50 bits per heavy atom. The van der Waals surface area contributed by atoms with Crippen LogP contribution in [0.15, 0.2) is 53.9 Å². The van der Waals surface area contributed by atoms with Gasteiger partial charge in [0.25, 0.3) is 5.91 Å². The maximum absolute atomic E-state index is 13.3. The van der Waals surface area contributed by atoms with E-state index < -0.39 is 23.9 Å². The van der Waals surface area contributed by atoms with E-state index in [1.165, 1.54) is 11.3 Å². The predicted octanol–water partition coefficient (Wildman–Crippen LogP) is 5.11. The number of anilines is 1. The topological polar surface area (TPSA) is 54.0 Å². The van der Waals surface area contributed by atoms with E-state index in [-0.39, 0.29) is 11.6 Å². The molecular formula is C20H16F3N3OS. The Balaban J connectivity index is 1.80. The molecule has 8 heteroatoms. The Kier molecular flexibility index (Phi) is 4.58. The van der Waals surface area contributed by atoms with Gasteiger partial charge in [-0.3, -0.25) is 4.79 Å². The average molecular weight is 403 g/mol. The zero-order valence-electron chi connectivity index (χ0n) is 14.7. The zero-order chi connectivity index (χ0) is 19.9. The van der Waals surface area contributed by atoms with Crippen LogP contribution in [0.25, 0.3) is 10.4 Å². The Morgan fingerprint density at radius 1 is 1.11 bits per heavy atom. The second kappa shape index (κ2) is 6.94. The number of hydrogen-bond acceptors (Lipinski definition) is 4. The summed E-state index contributed by atoms with van der Waals surface area (Å²) in [7, 11) is 0. The van der Waals surface area contributed by atoms with Crippen molar-refractivity contribution in [1.29, 1.82) is 0 Å². The summed E-state index contributed by atoms with van der Waals surface area (Å²) in [6.45, 7) is 1.95. The number of amides is 1. The van der Waals surface area contributed by atoms with Crippen LogP contribution in [0.3, 0.4) is 0 Å². The number of nitrogens with zero attached hydrogens (tertiary/aromatic N) is 1. The summed E-state index contributed by atoms with van der Waals surface area (Å²) in [5, 5.41) is 7.73. The van der Waals surface area contributed by atoms with E-state index in [2.05, 4.69) is 15.6 Å². The van der Waals surface area contributed by atoms with Crippen LogP contribution < -0.4 is 10.6 Å². The van der Waals surface area contributed by atoms with Gasteiger partial charge in [0.1, 0.15) is 11.9 Å². The van der Waals surface area contributed by atoms with E-state index in [1.54, 1.807) is 17.5 Å². The van der Waals surface area contributed by atoms with Crippen LogP contribution >= 0.6 is 11.3 Å². The van der Waals surface area contributed by atoms with Gasteiger partial charge in [0.05, 0.1) is 5.69 Å². The molecule has 0 aliphatic carbocycles. The molecule has 0 saturated heterocycles. The van der Waals surface area contributed by atoms with Gasteiger partial charge in [-0.2, -0.15) is 13.2 Å². The lowest BCUT2D eigenvalue weighted by Gasteiger charge is -2.33. The van der Waals surface area contributed by atoms with Crippen molar-refractivity contribution in [2.24, 2.45) is 0 Å². The summed E-state index contributed by atoms with van der Waals surface area (Å²) < 4.78 is 40.0. The smallest absolute Gasteiger partial charge is 0.362 e. The first kappa shape index (κ1) is 18.5. The fourth-order valence-corrected chi connectivity index (χ4v) is 3.98. The maximum Gasteiger partial charge on any atom is 0.433 e. The number of rotatable bonds is 3. The van der Waals surface area contributed by atoms with E-state index in [0.29, 0.717) is 16.1 Å². The van der Waals surface area contributed by atoms with E-state index >= 15 is 0 Å². The van der Waals surface area contributed by atoms with E-state index in [4.69, 9.17) is 0 Å². The molecule has 4 nitrogen and oxygen atoms in total. The van der Waals surface area contributed by atoms with Gasteiger partial charge in [-0.25, -0.2) is 4.98 Å². The van der Waals surface area contributed by atoms with Gasteiger partial charge in [-0.1, -0.05) is 43.3 Å². The van der Waals surface area contributed by atoms with Crippen LogP contribution in [0.1, 0.15) is 34.6 Å². The first-order valence-corrected chi connectivity index (χ1v) is 9.51. The molecule has 3 aromatic rings. The fraction of sp³-hybridized carbons (Fsp3) is 0.200. The number of hydrogen-bond donors (Lipinski definition) is 2. The van der Waals surface area contributed by atoms with Crippen molar-refractivity contribution in [3.8, 4) is 10.4 Å². The largest absolute Gasteiger partial charge is 0.433 e. The van der Waals surface area contributed by atoms with Crippen molar-refractivity contribution in [3.63, 3.8) is 0 Å². The first-order valence-electron chi connectivity index (χ1n) is 8.63. The molecule has 0 bridgehead atoms. The highest BCUT2D eigenvalue weighted by atomic mass is 32.1. The summed E-state index contributed by atoms with van der Waals surface area (Å²) in [6, 6.07) is 14.1. The van der Waals surface area contributed by atoms with Crippen LogP contribution in [-0.4, -0.2) is 17.1 Å². The zero-order valence-corrected chi connectivity index (χ0v) is 15.6. The van der Waals surface area contributed by atoms with Gasteiger partial charge in [-0.15, -0.1) is 11.3 Å². The lowest BCUT2D eigenvalue weighted by atomic mass is 9.95. The molecule has 2 atom stereocenters. The molecule has 28 heavy (non-hydrogen) atoms. The van der Waals surface area contributed by atoms with Crippen molar-refractivity contribution >= 4 is 22.9 Å². The monoisotopic (exact) mass is 403 g/mol. The summed E-state index contributed by atoms with van der Waals surface area (Å²) >= 11 is 1.31. The third-order valence-electron chi connectivity index (χ3n) is 4.72. The lowest BCUT2D eigenvalue weighted by molar-refractivity contribution is -0.141. The summed E-state index contributed by atoms with van der Waals surface area (Å²) in [5.74, 6) is -0.720. The highest BCUT2D eigenvalue weighted by molar-refractivity contribution is 7.13. The SMILES string of the molecule is C[C@H](c1ccccc1)[C@@H]1NC(=O)c2nc(C(F)(F)F)cc(-c3cccs3)c2N1. The molecule has 1 aromatic carbocycles. The number of pyridine rings is 1. The number of nitrogens with one attached hydrogen (secondary N) is 2. The highest BCUT2D eigenvalue weighted by Crippen LogP contribution is 2.40. The normalized spacial score (nSPS) is 17.4. The molecule has 0 saturated carbocycles. The highest BCUT2D eigenvalue weighted by Gasteiger charge is 2.38. The Labute approximate surface area is 163 Å². The Bertz CT molecular complexity index is 1000. The molecule has 0 radical (unpaired) electrons. The van der Waals surface area contributed by atoms with Gasteiger partial charge in [0.2, 0.25) is 0 Å².